The number of hydrogen-bond donors (Lipinski definition) is 1. The van der Waals surface area contributed by atoms with Crippen LogP contribution in [-0.4, -0.2) is 22.3 Å². The van der Waals surface area contributed by atoms with Crippen LogP contribution in [0.15, 0.2) is 70.1 Å². The fraction of sp³-hybridized carbons (Fsp3) is 0. The molecule has 0 bridgehead atoms. The second kappa shape index (κ2) is 7.17. The minimum atomic E-state index is -1.10. The van der Waals surface area contributed by atoms with Crippen LogP contribution in [0.1, 0.15) is 15.9 Å². The first kappa shape index (κ1) is 17.8. The third-order valence-corrected chi connectivity index (χ3v) is 4.29. The zero-order chi connectivity index (χ0) is 19.7. The number of hydrogen-bond acceptors (Lipinski definition) is 5. The first-order valence-electron chi connectivity index (χ1n) is 8.24. The van der Waals surface area contributed by atoms with E-state index in [1.807, 2.05) is 12.1 Å². The summed E-state index contributed by atoms with van der Waals surface area (Å²) in [7, 11) is 0. The Morgan fingerprint density at radius 1 is 1.14 bits per heavy atom. The lowest BCUT2D eigenvalue weighted by Gasteiger charge is -2.09. The van der Waals surface area contributed by atoms with E-state index in [9.17, 15) is 9.90 Å². The summed E-state index contributed by atoms with van der Waals surface area (Å²) in [6.45, 7) is 0. The van der Waals surface area contributed by atoms with E-state index < -0.39 is 5.97 Å². The maximum Gasteiger partial charge on any atom is 0.335 e. The molecule has 0 radical (unpaired) electrons. The van der Waals surface area contributed by atoms with Gasteiger partial charge in [-0.05, 0) is 54.1 Å². The van der Waals surface area contributed by atoms with Gasteiger partial charge in [0.05, 0.1) is 11.3 Å². The molecule has 0 amide bonds. The molecule has 7 heteroatoms. The van der Waals surface area contributed by atoms with Crippen molar-refractivity contribution in [2.24, 2.45) is 4.99 Å². The van der Waals surface area contributed by atoms with Gasteiger partial charge in [-0.25, -0.2) is 9.78 Å². The van der Waals surface area contributed by atoms with Crippen molar-refractivity contribution in [2.45, 2.75) is 0 Å². The van der Waals surface area contributed by atoms with Crippen LogP contribution in [0.3, 0.4) is 0 Å². The van der Waals surface area contributed by atoms with E-state index in [1.54, 1.807) is 30.3 Å². The van der Waals surface area contributed by atoms with Crippen molar-refractivity contribution in [3.05, 3.63) is 76.8 Å². The normalized spacial score (nSPS) is 11.3. The summed E-state index contributed by atoms with van der Waals surface area (Å²) in [4.78, 5) is 19.8. The van der Waals surface area contributed by atoms with E-state index in [0.29, 0.717) is 27.7 Å². The van der Waals surface area contributed by atoms with E-state index in [2.05, 4.69) is 9.98 Å². The van der Waals surface area contributed by atoms with Gasteiger partial charge in [-0.2, -0.15) is 0 Å². The molecule has 0 spiro atoms. The number of halogens is 1. The Labute approximate surface area is 164 Å². The van der Waals surface area contributed by atoms with Crippen molar-refractivity contribution >= 4 is 40.6 Å². The molecule has 0 aliphatic heterocycles. The van der Waals surface area contributed by atoms with Crippen LogP contribution in [0.2, 0.25) is 5.02 Å². The maximum absolute atomic E-state index is 11.9. The molecule has 0 saturated heterocycles. The number of fused-ring (bicyclic) bond motifs is 1. The molecular weight excluding hydrogens is 380 g/mol. The molecule has 0 saturated carbocycles. The smallest absolute Gasteiger partial charge is 0.335 e. The molecule has 3 aromatic carbocycles. The molecular formula is C21H12ClN2O4-. The van der Waals surface area contributed by atoms with E-state index in [4.69, 9.17) is 21.1 Å². The van der Waals surface area contributed by atoms with Gasteiger partial charge < -0.3 is 14.6 Å². The number of carboxylic acid groups (broad SMARTS) is 1. The number of carbonyl (C=O) groups is 1. The van der Waals surface area contributed by atoms with Crippen LogP contribution in [0.5, 0.6) is 5.75 Å². The molecule has 0 aliphatic carbocycles. The number of aromatic nitrogens is 1. The highest BCUT2D eigenvalue weighted by atomic mass is 35.5. The Morgan fingerprint density at radius 2 is 2.00 bits per heavy atom. The Kier molecular flexibility index (Phi) is 4.55. The maximum atomic E-state index is 11.9. The second-order valence-electron chi connectivity index (χ2n) is 6.00. The molecule has 6 nitrogen and oxygen atoms in total. The molecule has 0 aliphatic rings. The monoisotopic (exact) mass is 391 g/mol. The van der Waals surface area contributed by atoms with Gasteiger partial charge in [0.25, 0.3) is 0 Å². The highest BCUT2D eigenvalue weighted by molar-refractivity contribution is 6.30. The van der Waals surface area contributed by atoms with E-state index in [-0.39, 0.29) is 16.9 Å². The summed E-state index contributed by atoms with van der Waals surface area (Å²) in [5.41, 5.74) is 2.73. The Balaban J connectivity index is 1.66. The Hall–Kier alpha value is -3.64. The van der Waals surface area contributed by atoms with E-state index in [0.717, 1.165) is 5.56 Å². The van der Waals surface area contributed by atoms with Crippen molar-refractivity contribution < 1.29 is 19.4 Å². The fourth-order valence-electron chi connectivity index (χ4n) is 2.67. The van der Waals surface area contributed by atoms with Crippen LogP contribution in [0, 0.1) is 0 Å². The van der Waals surface area contributed by atoms with Crippen molar-refractivity contribution in [2.75, 3.05) is 0 Å². The lowest BCUT2D eigenvalue weighted by molar-refractivity contribution is -0.268. The second-order valence-corrected chi connectivity index (χ2v) is 6.43. The number of rotatable bonds is 4. The minimum Gasteiger partial charge on any atom is -0.872 e. The Morgan fingerprint density at radius 3 is 2.79 bits per heavy atom. The first-order valence-corrected chi connectivity index (χ1v) is 8.62. The topological polar surface area (TPSA) is 98.8 Å². The summed E-state index contributed by atoms with van der Waals surface area (Å²) in [5, 5.41) is 21.5. The number of aliphatic imine (C=N–C) groups is 1. The van der Waals surface area contributed by atoms with E-state index in [1.165, 1.54) is 24.4 Å². The number of oxazole rings is 1. The highest BCUT2D eigenvalue weighted by Crippen LogP contribution is 2.28. The van der Waals surface area contributed by atoms with Gasteiger partial charge in [-0.1, -0.05) is 23.7 Å². The van der Waals surface area contributed by atoms with Gasteiger partial charge in [0.1, 0.15) is 5.52 Å². The van der Waals surface area contributed by atoms with Crippen LogP contribution >= 0.6 is 11.6 Å². The third-order valence-electron chi connectivity index (χ3n) is 4.05. The zero-order valence-electron chi connectivity index (χ0n) is 14.3. The largest absolute Gasteiger partial charge is 0.872 e. The minimum absolute atomic E-state index is 0.0270. The molecule has 138 valence electrons. The number of nitrogens with zero attached hydrogens (tertiary/aromatic N) is 2. The van der Waals surface area contributed by atoms with Crippen LogP contribution in [-0.2, 0) is 0 Å². The van der Waals surface area contributed by atoms with Gasteiger partial charge in [0.15, 0.2) is 5.58 Å². The van der Waals surface area contributed by atoms with Gasteiger partial charge in [-0.3, -0.25) is 4.99 Å². The lowest BCUT2D eigenvalue weighted by atomic mass is 10.1. The molecule has 0 unspecified atom stereocenters. The molecule has 1 aromatic heterocycles. The van der Waals surface area contributed by atoms with Gasteiger partial charge >= 0.3 is 5.97 Å². The van der Waals surface area contributed by atoms with Crippen molar-refractivity contribution in [1.29, 1.82) is 0 Å². The van der Waals surface area contributed by atoms with Gasteiger partial charge in [-0.15, -0.1) is 5.75 Å². The molecule has 4 aromatic rings. The average molecular weight is 392 g/mol. The predicted octanol–water partition coefficient (Wildman–Crippen LogP) is 4.67. The summed E-state index contributed by atoms with van der Waals surface area (Å²) >= 11 is 6.01. The summed E-state index contributed by atoms with van der Waals surface area (Å²) in [5.74, 6) is -0.971. The SMILES string of the molecule is O=C(O)c1ccc([O-])c(C=Nc2ccc3oc(-c4cccc(Cl)c4)nc3c2)c1. The molecule has 4 rings (SSSR count). The number of benzene rings is 3. The quantitative estimate of drug-likeness (QED) is 0.509. The fourth-order valence-corrected chi connectivity index (χ4v) is 2.86. The van der Waals surface area contributed by atoms with Crippen molar-refractivity contribution in [3.8, 4) is 17.2 Å². The summed E-state index contributed by atoms with van der Waals surface area (Å²) < 4.78 is 5.75. The van der Waals surface area contributed by atoms with Gasteiger partial charge in [0.2, 0.25) is 5.89 Å². The number of carboxylic acids is 1. The van der Waals surface area contributed by atoms with Crippen LogP contribution in [0.25, 0.3) is 22.6 Å². The standard InChI is InChI=1S/C21H13ClN2O4/c22-15-3-1-2-12(9-15)20-24-17-10-16(5-7-19(17)28-20)23-11-14-8-13(21(26)27)4-6-18(14)25/h1-11,25H,(H,26,27)/p-1. The predicted molar refractivity (Wildman–Crippen MR) is 105 cm³/mol. The van der Waals surface area contributed by atoms with E-state index >= 15 is 0 Å². The molecule has 1 N–H and O–H groups in total. The molecule has 28 heavy (non-hydrogen) atoms. The van der Waals surface area contributed by atoms with Crippen LogP contribution < -0.4 is 5.11 Å². The average Bonchev–Trinajstić information content (AvgIpc) is 3.10. The molecule has 0 fully saturated rings. The van der Waals surface area contributed by atoms with Gasteiger partial charge in [0, 0.05) is 16.8 Å². The zero-order valence-corrected chi connectivity index (χ0v) is 15.1. The highest BCUT2D eigenvalue weighted by Gasteiger charge is 2.09. The van der Waals surface area contributed by atoms with Crippen molar-refractivity contribution in [1.82, 2.24) is 4.98 Å². The summed E-state index contributed by atoms with van der Waals surface area (Å²) in [6.07, 6.45) is 1.34. The summed E-state index contributed by atoms with van der Waals surface area (Å²) in [6, 6.07) is 16.1. The van der Waals surface area contributed by atoms with Crippen LogP contribution in [0.4, 0.5) is 5.69 Å². The van der Waals surface area contributed by atoms with Crippen molar-refractivity contribution in [3.63, 3.8) is 0 Å². The third kappa shape index (κ3) is 3.58. The molecule has 0 atom stereocenters. The lowest BCUT2D eigenvalue weighted by Crippen LogP contribution is -2.01. The number of aromatic carboxylic acids is 1. The molecule has 1 heterocycles. The first-order chi connectivity index (χ1) is 13.5. The Bertz CT molecular complexity index is 1230.